The summed E-state index contributed by atoms with van der Waals surface area (Å²) < 4.78 is 2.07. The molecule has 0 N–H and O–H groups in total. The highest BCUT2D eigenvalue weighted by Crippen LogP contribution is 2.17. The molecule has 23 heavy (non-hydrogen) atoms. The Bertz CT molecular complexity index is 844. The molecule has 3 rings (SSSR count). The van der Waals surface area contributed by atoms with Gasteiger partial charge in [-0.15, -0.1) is 0 Å². The Morgan fingerprint density at radius 1 is 0.913 bits per heavy atom. The van der Waals surface area contributed by atoms with Crippen molar-refractivity contribution in [1.29, 1.82) is 0 Å². The molecule has 0 fully saturated rings. The largest absolute Gasteiger partial charge is 0.324 e. The molecule has 0 amide bonds. The molecule has 2 nitrogen and oxygen atoms in total. The van der Waals surface area contributed by atoms with Crippen molar-refractivity contribution < 1.29 is 4.79 Å². The number of ketones is 1. The first-order valence-electron chi connectivity index (χ1n) is 7.87. The van der Waals surface area contributed by atoms with E-state index in [1.165, 1.54) is 11.1 Å². The van der Waals surface area contributed by atoms with Gasteiger partial charge in [0, 0.05) is 30.1 Å². The predicted molar refractivity (Wildman–Crippen MR) is 94.5 cm³/mol. The summed E-state index contributed by atoms with van der Waals surface area (Å²) in [7, 11) is 0. The number of aromatic nitrogens is 1. The van der Waals surface area contributed by atoms with Gasteiger partial charge in [0.25, 0.3) is 0 Å². The van der Waals surface area contributed by atoms with E-state index in [4.69, 9.17) is 0 Å². The van der Waals surface area contributed by atoms with E-state index in [0.717, 1.165) is 22.4 Å². The van der Waals surface area contributed by atoms with Crippen molar-refractivity contribution in [2.24, 2.45) is 0 Å². The number of carbonyl (C=O) groups is 1. The zero-order valence-electron chi connectivity index (χ0n) is 13.8. The molecule has 1 aromatic heterocycles. The average molecular weight is 303 g/mol. The van der Waals surface area contributed by atoms with Crippen LogP contribution in [0, 0.1) is 20.8 Å². The molecule has 0 spiro atoms. The maximum atomic E-state index is 12.6. The Morgan fingerprint density at radius 3 is 2.35 bits per heavy atom. The Labute approximate surface area is 137 Å². The number of carbonyl (C=O) groups excluding carboxylic acids is 1. The van der Waals surface area contributed by atoms with E-state index in [1.807, 2.05) is 49.6 Å². The predicted octanol–water partition coefficient (Wildman–Crippen LogP) is 4.83. The lowest BCUT2D eigenvalue weighted by atomic mass is 9.98. The van der Waals surface area contributed by atoms with E-state index in [2.05, 4.69) is 36.6 Å². The number of Topliss-reactive ketones (excluding diaryl/α,β-unsaturated/α-hetero) is 1. The number of aryl methyl sites for hydroxylation is 3. The van der Waals surface area contributed by atoms with Gasteiger partial charge in [0.15, 0.2) is 5.78 Å². The zero-order valence-corrected chi connectivity index (χ0v) is 13.8. The van der Waals surface area contributed by atoms with Crippen molar-refractivity contribution in [2.45, 2.75) is 27.2 Å². The minimum absolute atomic E-state index is 0.164. The lowest BCUT2D eigenvalue weighted by Gasteiger charge is -2.09. The summed E-state index contributed by atoms with van der Waals surface area (Å²) in [6, 6.07) is 16.2. The fraction of sp³-hybridized carbons (Fsp3) is 0.190. The molecule has 0 aliphatic heterocycles. The third-order valence-corrected chi connectivity index (χ3v) is 4.22. The van der Waals surface area contributed by atoms with Crippen LogP contribution in [-0.2, 0) is 6.42 Å². The maximum absolute atomic E-state index is 12.6. The first-order chi connectivity index (χ1) is 11.0. The van der Waals surface area contributed by atoms with Crippen LogP contribution in [0.4, 0.5) is 0 Å². The molecule has 2 heteroatoms. The minimum Gasteiger partial charge on any atom is -0.324 e. The molecule has 0 radical (unpaired) electrons. The van der Waals surface area contributed by atoms with Gasteiger partial charge in [0.1, 0.15) is 0 Å². The Hall–Kier alpha value is -2.61. The summed E-state index contributed by atoms with van der Waals surface area (Å²) in [6.07, 6.45) is 4.46. The smallest absolute Gasteiger partial charge is 0.167 e. The minimum atomic E-state index is 0.164. The Morgan fingerprint density at radius 2 is 1.65 bits per heavy atom. The van der Waals surface area contributed by atoms with Gasteiger partial charge in [-0.1, -0.05) is 18.2 Å². The summed E-state index contributed by atoms with van der Waals surface area (Å²) in [6.45, 7) is 6.17. The van der Waals surface area contributed by atoms with Crippen LogP contribution in [0.3, 0.4) is 0 Å². The second-order valence-corrected chi connectivity index (χ2v) is 6.17. The molecule has 0 bridgehead atoms. The number of nitrogens with zero attached hydrogens (tertiary/aromatic N) is 1. The van der Waals surface area contributed by atoms with E-state index in [-0.39, 0.29) is 5.78 Å². The molecule has 1 heterocycles. The number of benzene rings is 2. The van der Waals surface area contributed by atoms with Crippen LogP contribution in [0.25, 0.3) is 5.69 Å². The zero-order chi connectivity index (χ0) is 16.4. The van der Waals surface area contributed by atoms with Crippen LogP contribution in [0.1, 0.15) is 32.6 Å². The number of hydrogen-bond acceptors (Lipinski definition) is 1. The first-order valence-corrected chi connectivity index (χ1v) is 7.87. The Kier molecular flexibility index (Phi) is 4.16. The summed E-state index contributed by atoms with van der Waals surface area (Å²) >= 11 is 0. The van der Waals surface area contributed by atoms with Crippen molar-refractivity contribution in [3.05, 3.63) is 88.7 Å². The molecule has 0 aliphatic rings. The molecule has 0 atom stereocenters. The van der Waals surface area contributed by atoms with Crippen LogP contribution in [-0.4, -0.2) is 10.4 Å². The van der Waals surface area contributed by atoms with E-state index in [0.29, 0.717) is 6.42 Å². The SMILES string of the molecule is Cc1cc(CC(=O)c2ccc(C)c(C)c2)cc(-n2cccc2)c1. The normalized spacial score (nSPS) is 10.7. The standard InChI is InChI=1S/C21H21NO/c1-15-10-18(13-20(11-15)22-8-4-5-9-22)14-21(23)19-7-6-16(2)17(3)12-19/h4-13H,14H2,1-3H3. The molecule has 2 aromatic carbocycles. The first kappa shape index (κ1) is 15.3. The van der Waals surface area contributed by atoms with Crippen LogP contribution in [0.2, 0.25) is 0 Å². The highest BCUT2D eigenvalue weighted by molar-refractivity contribution is 5.97. The van der Waals surface area contributed by atoms with Gasteiger partial charge in [0.2, 0.25) is 0 Å². The average Bonchev–Trinajstić information content (AvgIpc) is 3.03. The summed E-state index contributed by atoms with van der Waals surface area (Å²) in [5, 5.41) is 0. The van der Waals surface area contributed by atoms with Crippen molar-refractivity contribution in [3.63, 3.8) is 0 Å². The molecular formula is C21H21NO. The fourth-order valence-corrected chi connectivity index (χ4v) is 2.80. The lowest BCUT2D eigenvalue weighted by Crippen LogP contribution is -2.05. The van der Waals surface area contributed by atoms with Crippen molar-refractivity contribution >= 4 is 5.78 Å². The van der Waals surface area contributed by atoms with E-state index in [1.54, 1.807) is 0 Å². The summed E-state index contributed by atoms with van der Waals surface area (Å²) in [4.78, 5) is 12.6. The molecule has 0 unspecified atom stereocenters. The van der Waals surface area contributed by atoms with Crippen molar-refractivity contribution in [3.8, 4) is 5.69 Å². The van der Waals surface area contributed by atoms with Gasteiger partial charge < -0.3 is 4.57 Å². The quantitative estimate of drug-likeness (QED) is 0.633. The second-order valence-electron chi connectivity index (χ2n) is 6.17. The summed E-state index contributed by atoms with van der Waals surface area (Å²) in [5.74, 6) is 0.164. The Balaban J connectivity index is 1.87. The third kappa shape index (κ3) is 3.42. The molecular weight excluding hydrogens is 282 g/mol. The number of hydrogen-bond donors (Lipinski definition) is 0. The highest BCUT2D eigenvalue weighted by Gasteiger charge is 2.09. The fourth-order valence-electron chi connectivity index (χ4n) is 2.80. The molecule has 0 saturated heterocycles. The maximum Gasteiger partial charge on any atom is 0.167 e. The molecule has 116 valence electrons. The van der Waals surface area contributed by atoms with E-state index < -0.39 is 0 Å². The van der Waals surface area contributed by atoms with Crippen LogP contribution < -0.4 is 0 Å². The van der Waals surface area contributed by atoms with E-state index >= 15 is 0 Å². The third-order valence-electron chi connectivity index (χ3n) is 4.22. The van der Waals surface area contributed by atoms with Gasteiger partial charge in [0.05, 0.1) is 0 Å². The topological polar surface area (TPSA) is 22.0 Å². The molecule has 0 aliphatic carbocycles. The van der Waals surface area contributed by atoms with E-state index in [9.17, 15) is 4.79 Å². The van der Waals surface area contributed by atoms with Gasteiger partial charge >= 0.3 is 0 Å². The van der Waals surface area contributed by atoms with Crippen molar-refractivity contribution in [1.82, 2.24) is 4.57 Å². The van der Waals surface area contributed by atoms with Crippen LogP contribution in [0.5, 0.6) is 0 Å². The lowest BCUT2D eigenvalue weighted by molar-refractivity contribution is 0.0993. The van der Waals surface area contributed by atoms with Crippen LogP contribution >= 0.6 is 0 Å². The van der Waals surface area contributed by atoms with Gasteiger partial charge in [-0.05, 0) is 73.4 Å². The van der Waals surface area contributed by atoms with Gasteiger partial charge in [-0.3, -0.25) is 4.79 Å². The molecule has 3 aromatic rings. The summed E-state index contributed by atoms with van der Waals surface area (Å²) in [5.41, 5.74) is 6.48. The van der Waals surface area contributed by atoms with Crippen molar-refractivity contribution in [2.75, 3.05) is 0 Å². The van der Waals surface area contributed by atoms with Gasteiger partial charge in [-0.2, -0.15) is 0 Å². The monoisotopic (exact) mass is 303 g/mol. The van der Waals surface area contributed by atoms with Gasteiger partial charge in [-0.25, -0.2) is 0 Å². The highest BCUT2D eigenvalue weighted by atomic mass is 16.1. The second kappa shape index (κ2) is 6.25. The van der Waals surface area contributed by atoms with Crippen LogP contribution in [0.15, 0.2) is 60.9 Å². The number of rotatable bonds is 4. The molecule has 0 saturated carbocycles.